The summed E-state index contributed by atoms with van der Waals surface area (Å²) in [6.07, 6.45) is -7.09. The summed E-state index contributed by atoms with van der Waals surface area (Å²) in [7, 11) is 0. The molecule has 2 heterocycles. The van der Waals surface area contributed by atoms with Gasteiger partial charge in [-0.3, -0.25) is 4.98 Å². The number of fused-ring (bicyclic) bond motifs is 1. The molecule has 0 spiro atoms. The molecule has 25 heavy (non-hydrogen) atoms. The van der Waals surface area contributed by atoms with Crippen molar-refractivity contribution in [3.63, 3.8) is 0 Å². The van der Waals surface area contributed by atoms with Crippen LogP contribution < -0.4 is 5.32 Å². The number of hydrogen-bond donors (Lipinski definition) is 1. The van der Waals surface area contributed by atoms with Crippen molar-refractivity contribution < 1.29 is 30.7 Å². The Balaban J connectivity index is 1.83. The van der Waals surface area contributed by atoms with Gasteiger partial charge in [-0.15, -0.1) is 0 Å². The number of hydrogen-bond acceptors (Lipinski definition) is 3. The number of aromatic nitrogens is 2. The highest BCUT2D eigenvalue weighted by molar-refractivity contribution is 5.45. The monoisotopic (exact) mass is 365 g/mol. The third-order valence-electron chi connectivity index (χ3n) is 3.87. The highest BCUT2D eigenvalue weighted by atomic mass is 19.4. The molecule has 10 heteroatoms. The van der Waals surface area contributed by atoms with Crippen LogP contribution in [0.15, 0.2) is 24.5 Å². The van der Waals surface area contributed by atoms with E-state index in [4.69, 9.17) is 0 Å². The molecule has 134 valence electrons. The Morgan fingerprint density at radius 1 is 0.960 bits per heavy atom. The molecule has 0 saturated carbocycles. The van der Waals surface area contributed by atoms with E-state index in [0.717, 1.165) is 12.3 Å². The second-order valence-electron chi connectivity index (χ2n) is 5.55. The molecule has 1 unspecified atom stereocenters. The predicted octanol–water partition coefficient (Wildman–Crippen LogP) is 4.75. The number of nitrogens with zero attached hydrogens (tertiary/aromatic N) is 2. The van der Waals surface area contributed by atoms with Crippen molar-refractivity contribution in [3.05, 3.63) is 52.7 Å². The van der Waals surface area contributed by atoms with Crippen LogP contribution in [-0.4, -0.2) is 9.97 Å². The fourth-order valence-corrected chi connectivity index (χ4v) is 2.66. The van der Waals surface area contributed by atoms with E-state index in [1.54, 1.807) is 0 Å². The van der Waals surface area contributed by atoms with Crippen LogP contribution in [0, 0.1) is 5.82 Å². The highest BCUT2D eigenvalue weighted by Crippen LogP contribution is 2.37. The number of pyridine rings is 2. The predicted molar refractivity (Wildman–Crippen MR) is 73.1 cm³/mol. The lowest BCUT2D eigenvalue weighted by atomic mass is 10.1. The maximum absolute atomic E-state index is 13.8. The molecule has 0 saturated heterocycles. The maximum atomic E-state index is 13.8. The van der Waals surface area contributed by atoms with E-state index < -0.39 is 41.3 Å². The van der Waals surface area contributed by atoms with Gasteiger partial charge in [-0.1, -0.05) is 0 Å². The number of anilines is 1. The van der Waals surface area contributed by atoms with E-state index in [1.807, 2.05) is 0 Å². The van der Waals surface area contributed by atoms with E-state index in [9.17, 15) is 30.7 Å². The van der Waals surface area contributed by atoms with Crippen molar-refractivity contribution in [2.45, 2.75) is 31.2 Å². The second kappa shape index (κ2) is 5.85. The topological polar surface area (TPSA) is 37.8 Å². The van der Waals surface area contributed by atoms with Gasteiger partial charge in [0, 0.05) is 12.4 Å². The molecule has 1 aliphatic carbocycles. The summed E-state index contributed by atoms with van der Waals surface area (Å²) in [4.78, 5) is 6.79. The molecule has 2 aromatic rings. The molecule has 0 radical (unpaired) electrons. The molecule has 1 atom stereocenters. The molecule has 0 aromatic carbocycles. The van der Waals surface area contributed by atoms with Gasteiger partial charge in [0.15, 0.2) is 11.6 Å². The third kappa shape index (κ3) is 3.52. The number of alkyl halides is 6. The van der Waals surface area contributed by atoms with Gasteiger partial charge in [0.1, 0.15) is 5.69 Å². The first-order valence-corrected chi connectivity index (χ1v) is 7.11. The molecule has 3 rings (SSSR count). The Kier molecular flexibility index (Phi) is 4.08. The van der Waals surface area contributed by atoms with Crippen molar-refractivity contribution >= 4 is 5.82 Å². The van der Waals surface area contributed by atoms with E-state index >= 15 is 0 Å². The molecular formula is C15H10F7N3. The SMILES string of the molecule is Fc1cc(C(F)(F)F)cnc1NC1CCc2cc(C(F)(F)F)ncc21. The number of aryl methyl sites for hydroxylation is 1. The zero-order chi connectivity index (χ0) is 18.4. The number of rotatable bonds is 2. The van der Waals surface area contributed by atoms with Crippen LogP contribution >= 0.6 is 0 Å². The van der Waals surface area contributed by atoms with Crippen molar-refractivity contribution in [3.8, 4) is 0 Å². The van der Waals surface area contributed by atoms with E-state index in [1.165, 1.54) is 0 Å². The fraction of sp³-hybridized carbons (Fsp3) is 0.333. The maximum Gasteiger partial charge on any atom is 0.433 e. The molecular weight excluding hydrogens is 355 g/mol. The fourth-order valence-electron chi connectivity index (χ4n) is 2.66. The lowest BCUT2D eigenvalue weighted by Crippen LogP contribution is -2.13. The first-order chi connectivity index (χ1) is 11.6. The minimum Gasteiger partial charge on any atom is -0.361 e. The van der Waals surface area contributed by atoms with Gasteiger partial charge in [-0.05, 0) is 36.1 Å². The van der Waals surface area contributed by atoms with Crippen LogP contribution in [0.1, 0.15) is 34.8 Å². The van der Waals surface area contributed by atoms with E-state index in [-0.39, 0.29) is 0 Å². The minimum atomic E-state index is -4.72. The third-order valence-corrected chi connectivity index (χ3v) is 3.87. The molecule has 3 nitrogen and oxygen atoms in total. The number of nitrogens with one attached hydrogen (secondary N) is 1. The summed E-state index contributed by atoms with van der Waals surface area (Å²) in [6.45, 7) is 0. The van der Waals surface area contributed by atoms with Gasteiger partial charge in [0.2, 0.25) is 0 Å². The lowest BCUT2D eigenvalue weighted by Gasteiger charge is -2.16. The highest BCUT2D eigenvalue weighted by Gasteiger charge is 2.35. The normalized spacial score (nSPS) is 17.5. The van der Waals surface area contributed by atoms with Crippen molar-refractivity contribution in [1.29, 1.82) is 0 Å². The van der Waals surface area contributed by atoms with Gasteiger partial charge in [0.05, 0.1) is 11.6 Å². The Morgan fingerprint density at radius 2 is 1.68 bits per heavy atom. The van der Waals surface area contributed by atoms with Crippen molar-refractivity contribution in [2.75, 3.05) is 5.32 Å². The molecule has 1 N–H and O–H groups in total. The van der Waals surface area contributed by atoms with E-state index in [2.05, 4.69) is 15.3 Å². The molecule has 0 amide bonds. The Labute approximate surface area is 136 Å². The van der Waals surface area contributed by atoms with Gasteiger partial charge < -0.3 is 5.32 Å². The molecule has 0 bridgehead atoms. The van der Waals surface area contributed by atoms with Crippen LogP contribution in [0.25, 0.3) is 0 Å². The zero-order valence-electron chi connectivity index (χ0n) is 12.3. The molecule has 1 aliphatic rings. The summed E-state index contributed by atoms with van der Waals surface area (Å²) in [5.41, 5.74) is -1.40. The smallest absolute Gasteiger partial charge is 0.361 e. The second-order valence-corrected chi connectivity index (χ2v) is 5.55. The van der Waals surface area contributed by atoms with Crippen LogP contribution in [0.4, 0.5) is 36.6 Å². The van der Waals surface area contributed by atoms with Crippen LogP contribution in [-0.2, 0) is 18.8 Å². The molecule has 0 fully saturated rings. The first-order valence-electron chi connectivity index (χ1n) is 7.11. The molecule has 2 aromatic heterocycles. The minimum absolute atomic E-state index is 0.306. The summed E-state index contributed by atoms with van der Waals surface area (Å²) >= 11 is 0. The summed E-state index contributed by atoms with van der Waals surface area (Å²) in [5.74, 6) is -1.59. The Bertz CT molecular complexity index is 799. The van der Waals surface area contributed by atoms with Crippen molar-refractivity contribution in [1.82, 2.24) is 9.97 Å². The van der Waals surface area contributed by atoms with Crippen LogP contribution in [0.2, 0.25) is 0 Å². The number of halogens is 7. The summed E-state index contributed by atoms with van der Waals surface area (Å²) < 4.78 is 89.3. The van der Waals surface area contributed by atoms with Crippen LogP contribution in [0.5, 0.6) is 0 Å². The standard InChI is InChI=1S/C15H10F7N3/c16-10-4-8(14(17,18)19)5-24-13(10)25-11-2-1-7-3-12(15(20,21)22)23-6-9(7)11/h3-6,11H,1-2H2,(H,24,25). The summed E-state index contributed by atoms with van der Waals surface area (Å²) in [5, 5.41) is 2.63. The summed E-state index contributed by atoms with van der Waals surface area (Å²) in [6, 6.07) is 0.660. The van der Waals surface area contributed by atoms with Gasteiger partial charge >= 0.3 is 12.4 Å². The van der Waals surface area contributed by atoms with Gasteiger partial charge in [0.25, 0.3) is 0 Å². The average molecular weight is 365 g/mol. The Hall–Kier alpha value is -2.39. The van der Waals surface area contributed by atoms with E-state index in [0.29, 0.717) is 36.2 Å². The largest absolute Gasteiger partial charge is 0.433 e. The molecule has 0 aliphatic heterocycles. The quantitative estimate of drug-likeness (QED) is 0.781. The van der Waals surface area contributed by atoms with Crippen molar-refractivity contribution in [2.24, 2.45) is 0 Å². The Morgan fingerprint density at radius 3 is 2.28 bits per heavy atom. The lowest BCUT2D eigenvalue weighted by molar-refractivity contribution is -0.141. The average Bonchev–Trinajstić information content (AvgIpc) is 2.90. The van der Waals surface area contributed by atoms with Gasteiger partial charge in [-0.25, -0.2) is 9.37 Å². The van der Waals surface area contributed by atoms with Gasteiger partial charge in [-0.2, -0.15) is 26.3 Å². The first kappa shape index (κ1) is 17.4. The zero-order valence-corrected chi connectivity index (χ0v) is 12.3. The van der Waals surface area contributed by atoms with Crippen LogP contribution in [0.3, 0.4) is 0 Å².